The number of halogens is 5. The first-order valence-electron chi connectivity index (χ1n) is 13.2. The number of aromatic nitrogens is 1. The molecule has 1 aromatic heterocycles. The van der Waals surface area contributed by atoms with Crippen molar-refractivity contribution in [3.63, 3.8) is 0 Å². The lowest BCUT2D eigenvalue weighted by molar-refractivity contribution is 0.0361. The molecule has 0 bridgehead atoms. The molecule has 200 valence electrons. The van der Waals surface area contributed by atoms with Crippen LogP contribution in [-0.4, -0.2) is 59.9 Å². The van der Waals surface area contributed by atoms with Crippen molar-refractivity contribution in [1.82, 2.24) is 14.8 Å². The van der Waals surface area contributed by atoms with Crippen molar-refractivity contribution in [3.05, 3.63) is 70.4 Å². The van der Waals surface area contributed by atoms with Crippen LogP contribution in [0.1, 0.15) is 61.3 Å². The number of rotatable bonds is 9. The summed E-state index contributed by atoms with van der Waals surface area (Å²) in [6.07, 6.45) is -1.34. The molecule has 0 aliphatic carbocycles. The maximum Gasteiger partial charge on any atom is 0.131 e. The van der Waals surface area contributed by atoms with Crippen LogP contribution in [0.25, 0.3) is 10.9 Å². The number of H-pyrrole nitrogens is 1. The Morgan fingerprint density at radius 1 is 1.08 bits per heavy atom. The molecule has 2 aromatic carbocycles. The zero-order chi connectivity index (χ0) is 26.3. The first-order valence-corrected chi connectivity index (χ1v) is 13.2. The molecule has 3 heterocycles. The SMILES string of the molecule is CC[C@@H](F)CN1[C@H](c2c(F)cc([C@@H](F)C3CN(CCCF)C3)cc2F)c2[nH]c3ccccc3c2C[C@H]1C. The summed E-state index contributed by atoms with van der Waals surface area (Å²) in [6, 6.07) is 8.90. The summed E-state index contributed by atoms with van der Waals surface area (Å²) in [6.45, 7) is 4.75. The minimum absolute atomic E-state index is 0.0295. The van der Waals surface area contributed by atoms with E-state index in [4.69, 9.17) is 0 Å². The summed E-state index contributed by atoms with van der Waals surface area (Å²) in [5, 5.41) is 0.991. The number of hydrogen-bond acceptors (Lipinski definition) is 2. The third-order valence-electron chi connectivity index (χ3n) is 8.07. The molecule has 0 unspecified atom stereocenters. The number of hydrogen-bond donors (Lipinski definition) is 1. The van der Waals surface area contributed by atoms with E-state index in [9.17, 15) is 8.78 Å². The van der Waals surface area contributed by atoms with E-state index in [1.807, 2.05) is 41.0 Å². The van der Waals surface area contributed by atoms with E-state index in [0.29, 0.717) is 44.6 Å². The molecule has 3 aromatic rings. The first kappa shape index (κ1) is 26.2. The number of fused-ring (bicyclic) bond motifs is 3. The molecule has 0 spiro atoms. The lowest BCUT2D eigenvalue weighted by Gasteiger charge is -2.42. The second-order valence-electron chi connectivity index (χ2n) is 10.6. The lowest BCUT2D eigenvalue weighted by Crippen LogP contribution is -2.48. The van der Waals surface area contributed by atoms with Gasteiger partial charge in [0, 0.05) is 60.3 Å². The molecule has 4 atom stereocenters. The first-order chi connectivity index (χ1) is 17.8. The van der Waals surface area contributed by atoms with Crippen LogP contribution in [0.4, 0.5) is 22.0 Å². The fraction of sp³-hybridized carbons (Fsp3) is 0.517. The zero-order valence-corrected chi connectivity index (χ0v) is 21.3. The second-order valence-corrected chi connectivity index (χ2v) is 10.6. The van der Waals surface area contributed by atoms with Crippen molar-refractivity contribution in [2.75, 3.05) is 32.9 Å². The van der Waals surface area contributed by atoms with Crippen LogP contribution in [0.15, 0.2) is 36.4 Å². The molecule has 5 rings (SSSR count). The number of alkyl halides is 3. The van der Waals surface area contributed by atoms with Crippen molar-refractivity contribution >= 4 is 10.9 Å². The number of para-hydroxylation sites is 1. The molecule has 1 N–H and O–H groups in total. The number of benzene rings is 2. The fourth-order valence-electron chi connectivity index (χ4n) is 6.02. The fourth-order valence-corrected chi connectivity index (χ4v) is 6.02. The molecular formula is C29H34F5N3. The minimum Gasteiger partial charge on any atom is -0.357 e. The van der Waals surface area contributed by atoms with Gasteiger partial charge in [0.25, 0.3) is 0 Å². The summed E-state index contributed by atoms with van der Waals surface area (Å²) < 4.78 is 73.8. The number of aromatic amines is 1. The average Bonchev–Trinajstić information content (AvgIpc) is 3.22. The van der Waals surface area contributed by atoms with Crippen LogP contribution in [0.5, 0.6) is 0 Å². The van der Waals surface area contributed by atoms with E-state index in [-0.39, 0.29) is 29.6 Å². The Hall–Kier alpha value is -2.45. The Morgan fingerprint density at radius 3 is 2.46 bits per heavy atom. The van der Waals surface area contributed by atoms with Gasteiger partial charge in [0.15, 0.2) is 0 Å². The molecular weight excluding hydrogens is 485 g/mol. The highest BCUT2D eigenvalue weighted by atomic mass is 19.1. The van der Waals surface area contributed by atoms with Gasteiger partial charge in [0.1, 0.15) is 24.0 Å². The predicted molar refractivity (Wildman–Crippen MR) is 136 cm³/mol. The molecule has 37 heavy (non-hydrogen) atoms. The highest BCUT2D eigenvalue weighted by Crippen LogP contribution is 2.44. The van der Waals surface area contributed by atoms with Crippen LogP contribution in [0.3, 0.4) is 0 Å². The molecule has 1 saturated heterocycles. The van der Waals surface area contributed by atoms with Gasteiger partial charge in [-0.1, -0.05) is 25.1 Å². The van der Waals surface area contributed by atoms with Gasteiger partial charge in [-0.2, -0.15) is 0 Å². The second kappa shape index (κ2) is 10.7. The summed E-state index contributed by atoms with van der Waals surface area (Å²) in [4.78, 5) is 7.12. The quantitative estimate of drug-likeness (QED) is 0.313. The molecule has 8 heteroatoms. The largest absolute Gasteiger partial charge is 0.357 e. The zero-order valence-electron chi connectivity index (χ0n) is 21.3. The third-order valence-corrected chi connectivity index (χ3v) is 8.07. The minimum atomic E-state index is -1.51. The van der Waals surface area contributed by atoms with E-state index in [2.05, 4.69) is 4.98 Å². The van der Waals surface area contributed by atoms with Gasteiger partial charge in [0.2, 0.25) is 0 Å². The normalized spacial score (nSPS) is 22.7. The van der Waals surface area contributed by atoms with Crippen LogP contribution in [0, 0.1) is 17.6 Å². The predicted octanol–water partition coefficient (Wildman–Crippen LogP) is 6.83. The standard InChI is InChI=1S/C29H34F5N3/c1-3-20(31)16-37-17(2)11-22-21-7-4-5-8-25(21)35-28(22)29(37)26-23(32)12-18(13-24(26)33)27(34)19-14-36(15-19)10-6-9-30/h4-5,7-8,12-13,17,19-20,27,29,35H,3,6,9-11,14-16H2,1-2H3/t17-,20-,27-,29-/m1/s1. The van der Waals surface area contributed by atoms with Crippen molar-refractivity contribution in [3.8, 4) is 0 Å². The van der Waals surface area contributed by atoms with E-state index < -0.39 is 36.7 Å². The Kier molecular flexibility index (Phi) is 7.59. The highest BCUT2D eigenvalue weighted by molar-refractivity contribution is 5.85. The molecule has 0 saturated carbocycles. The topological polar surface area (TPSA) is 22.3 Å². The van der Waals surface area contributed by atoms with Gasteiger partial charge in [-0.15, -0.1) is 0 Å². The van der Waals surface area contributed by atoms with Crippen molar-refractivity contribution < 1.29 is 22.0 Å². The van der Waals surface area contributed by atoms with Gasteiger partial charge >= 0.3 is 0 Å². The average molecular weight is 520 g/mol. The number of nitrogens with zero attached hydrogens (tertiary/aromatic N) is 2. The van der Waals surface area contributed by atoms with E-state index in [1.54, 1.807) is 6.92 Å². The van der Waals surface area contributed by atoms with Crippen molar-refractivity contribution in [2.24, 2.45) is 5.92 Å². The van der Waals surface area contributed by atoms with Gasteiger partial charge < -0.3 is 9.88 Å². The Morgan fingerprint density at radius 2 is 1.78 bits per heavy atom. The molecule has 3 nitrogen and oxygen atoms in total. The summed E-state index contributed by atoms with van der Waals surface area (Å²) in [7, 11) is 0. The third kappa shape index (κ3) is 4.90. The van der Waals surface area contributed by atoms with Gasteiger partial charge in [0.05, 0.1) is 12.7 Å². The molecule has 2 aliphatic heterocycles. The van der Waals surface area contributed by atoms with Crippen LogP contribution < -0.4 is 0 Å². The Balaban J connectivity index is 1.51. The number of likely N-dealkylation sites (tertiary alicyclic amines) is 1. The van der Waals surface area contributed by atoms with Crippen LogP contribution >= 0.6 is 0 Å². The van der Waals surface area contributed by atoms with E-state index in [1.165, 1.54) is 0 Å². The molecule has 0 amide bonds. The van der Waals surface area contributed by atoms with Gasteiger partial charge in [-0.3, -0.25) is 9.29 Å². The van der Waals surface area contributed by atoms with Crippen molar-refractivity contribution in [2.45, 2.75) is 57.5 Å². The lowest BCUT2D eigenvalue weighted by atomic mass is 9.85. The molecule has 2 aliphatic rings. The van der Waals surface area contributed by atoms with Gasteiger partial charge in [-0.25, -0.2) is 17.6 Å². The Labute approximate surface area is 214 Å². The summed E-state index contributed by atoms with van der Waals surface area (Å²) in [5.41, 5.74) is 2.29. The molecule has 0 radical (unpaired) electrons. The van der Waals surface area contributed by atoms with Crippen molar-refractivity contribution in [1.29, 1.82) is 0 Å². The maximum atomic E-state index is 15.8. The van der Waals surface area contributed by atoms with Crippen LogP contribution in [0.2, 0.25) is 0 Å². The van der Waals surface area contributed by atoms with Gasteiger partial charge in [-0.05, 0) is 55.5 Å². The summed E-state index contributed by atoms with van der Waals surface area (Å²) >= 11 is 0. The van der Waals surface area contributed by atoms with E-state index in [0.717, 1.165) is 28.6 Å². The van der Waals surface area contributed by atoms with E-state index >= 15 is 13.2 Å². The van der Waals surface area contributed by atoms with Crippen LogP contribution in [-0.2, 0) is 6.42 Å². The molecule has 1 fully saturated rings. The maximum absolute atomic E-state index is 15.8. The number of nitrogens with one attached hydrogen (secondary N) is 1. The summed E-state index contributed by atoms with van der Waals surface area (Å²) in [5.74, 6) is -2.04. The smallest absolute Gasteiger partial charge is 0.131 e. The monoisotopic (exact) mass is 519 g/mol. The Bertz CT molecular complexity index is 1210. The highest BCUT2D eigenvalue weighted by Gasteiger charge is 2.40.